The lowest BCUT2D eigenvalue weighted by Gasteiger charge is -2.16. The summed E-state index contributed by atoms with van der Waals surface area (Å²) in [5.74, 6) is -0.480. The summed E-state index contributed by atoms with van der Waals surface area (Å²) in [7, 11) is -4.08. The van der Waals surface area contributed by atoms with E-state index in [9.17, 15) is 13.2 Å². The summed E-state index contributed by atoms with van der Waals surface area (Å²) in [4.78, 5) is 11.1. The number of carbonyl (C=O) groups excluding carboxylic acids is 1. The second-order valence-electron chi connectivity index (χ2n) is 3.45. The minimum atomic E-state index is -4.08. The van der Waals surface area contributed by atoms with E-state index < -0.39 is 28.0 Å². The smallest absolute Gasteiger partial charge is 0.407 e. The van der Waals surface area contributed by atoms with E-state index in [4.69, 9.17) is 4.55 Å². The van der Waals surface area contributed by atoms with Crippen LogP contribution in [-0.2, 0) is 14.9 Å². The molecule has 0 saturated carbocycles. The summed E-state index contributed by atoms with van der Waals surface area (Å²) in [5.41, 5.74) is 0. The molecule has 0 unspecified atom stereocenters. The SMILES string of the molecule is CCCC[C@H](CS(=O)(=O)O)NC(=O)OCC. The van der Waals surface area contributed by atoms with E-state index in [1.54, 1.807) is 6.92 Å². The van der Waals surface area contributed by atoms with Gasteiger partial charge in [0.25, 0.3) is 10.1 Å². The van der Waals surface area contributed by atoms with E-state index in [1.807, 2.05) is 6.92 Å². The molecular weight excluding hydrogens is 234 g/mol. The highest BCUT2D eigenvalue weighted by Crippen LogP contribution is 2.03. The van der Waals surface area contributed by atoms with Crippen molar-refractivity contribution < 1.29 is 22.5 Å². The van der Waals surface area contributed by atoms with Crippen LogP contribution >= 0.6 is 0 Å². The Labute approximate surface area is 96.1 Å². The van der Waals surface area contributed by atoms with E-state index in [2.05, 4.69) is 10.1 Å². The number of amides is 1. The molecule has 0 bridgehead atoms. The van der Waals surface area contributed by atoms with Crippen LogP contribution in [0.4, 0.5) is 4.79 Å². The fourth-order valence-corrected chi connectivity index (χ4v) is 2.00. The van der Waals surface area contributed by atoms with Gasteiger partial charge in [-0.15, -0.1) is 0 Å². The minimum absolute atomic E-state index is 0.220. The molecule has 0 aliphatic carbocycles. The number of hydrogen-bond donors (Lipinski definition) is 2. The Kier molecular flexibility index (Phi) is 7.07. The number of hydrogen-bond acceptors (Lipinski definition) is 4. The van der Waals surface area contributed by atoms with Gasteiger partial charge in [0.1, 0.15) is 0 Å². The lowest BCUT2D eigenvalue weighted by Crippen LogP contribution is -2.40. The summed E-state index contributed by atoms with van der Waals surface area (Å²) in [5, 5.41) is 2.41. The quantitative estimate of drug-likeness (QED) is 0.664. The Balaban J connectivity index is 4.25. The monoisotopic (exact) mass is 253 g/mol. The maximum atomic E-state index is 11.1. The molecule has 96 valence electrons. The Morgan fingerprint density at radius 1 is 1.44 bits per heavy atom. The highest BCUT2D eigenvalue weighted by Gasteiger charge is 2.18. The van der Waals surface area contributed by atoms with Crippen LogP contribution in [0.3, 0.4) is 0 Å². The topological polar surface area (TPSA) is 92.7 Å². The van der Waals surface area contributed by atoms with Crippen LogP contribution in [0.1, 0.15) is 33.1 Å². The van der Waals surface area contributed by atoms with E-state index in [1.165, 1.54) is 0 Å². The molecule has 0 rings (SSSR count). The van der Waals surface area contributed by atoms with Gasteiger partial charge in [0.15, 0.2) is 0 Å². The molecule has 0 aromatic heterocycles. The fraction of sp³-hybridized carbons (Fsp3) is 0.889. The van der Waals surface area contributed by atoms with Crippen LogP contribution in [0.15, 0.2) is 0 Å². The number of nitrogens with one attached hydrogen (secondary N) is 1. The molecule has 1 amide bonds. The summed E-state index contributed by atoms with van der Waals surface area (Å²) in [6.45, 7) is 3.83. The largest absolute Gasteiger partial charge is 0.450 e. The van der Waals surface area contributed by atoms with Gasteiger partial charge in [-0.25, -0.2) is 4.79 Å². The molecule has 0 aromatic rings. The third-order valence-electron chi connectivity index (χ3n) is 1.92. The van der Waals surface area contributed by atoms with Crippen molar-refractivity contribution in [3.63, 3.8) is 0 Å². The van der Waals surface area contributed by atoms with Crippen molar-refractivity contribution in [2.24, 2.45) is 0 Å². The van der Waals surface area contributed by atoms with Gasteiger partial charge in [-0.2, -0.15) is 8.42 Å². The van der Waals surface area contributed by atoms with E-state index in [0.717, 1.165) is 12.8 Å². The first kappa shape index (κ1) is 15.2. The molecule has 0 radical (unpaired) electrons. The highest BCUT2D eigenvalue weighted by atomic mass is 32.2. The van der Waals surface area contributed by atoms with Crippen molar-refractivity contribution >= 4 is 16.2 Å². The van der Waals surface area contributed by atoms with Crippen LogP contribution in [-0.4, -0.2) is 37.5 Å². The van der Waals surface area contributed by atoms with Crippen LogP contribution in [0.25, 0.3) is 0 Å². The Morgan fingerprint density at radius 2 is 2.06 bits per heavy atom. The molecule has 0 aliphatic heterocycles. The molecule has 0 spiro atoms. The summed E-state index contributed by atoms with van der Waals surface area (Å²) >= 11 is 0. The first-order valence-corrected chi connectivity index (χ1v) is 6.88. The van der Waals surface area contributed by atoms with Crippen LogP contribution in [0, 0.1) is 0 Å². The van der Waals surface area contributed by atoms with Gasteiger partial charge in [0, 0.05) is 6.04 Å². The van der Waals surface area contributed by atoms with Crippen LogP contribution in [0.5, 0.6) is 0 Å². The van der Waals surface area contributed by atoms with Gasteiger partial charge >= 0.3 is 6.09 Å². The van der Waals surface area contributed by atoms with Crippen molar-refractivity contribution in [2.45, 2.75) is 39.2 Å². The van der Waals surface area contributed by atoms with Crippen molar-refractivity contribution in [2.75, 3.05) is 12.4 Å². The average Bonchev–Trinajstić information content (AvgIpc) is 2.12. The van der Waals surface area contributed by atoms with Gasteiger partial charge in [0.05, 0.1) is 12.4 Å². The number of unbranched alkanes of at least 4 members (excludes halogenated alkanes) is 1. The molecule has 0 heterocycles. The average molecular weight is 253 g/mol. The Hall–Kier alpha value is -0.820. The second-order valence-corrected chi connectivity index (χ2v) is 4.95. The molecule has 2 N–H and O–H groups in total. The zero-order valence-electron chi connectivity index (χ0n) is 9.60. The van der Waals surface area contributed by atoms with Crippen LogP contribution in [0.2, 0.25) is 0 Å². The lowest BCUT2D eigenvalue weighted by atomic mass is 10.1. The third-order valence-corrected chi connectivity index (χ3v) is 2.74. The maximum Gasteiger partial charge on any atom is 0.407 e. The Morgan fingerprint density at radius 3 is 2.50 bits per heavy atom. The molecule has 6 nitrogen and oxygen atoms in total. The van der Waals surface area contributed by atoms with Crippen molar-refractivity contribution in [1.29, 1.82) is 0 Å². The highest BCUT2D eigenvalue weighted by molar-refractivity contribution is 7.85. The number of ether oxygens (including phenoxy) is 1. The molecule has 7 heteroatoms. The number of rotatable bonds is 7. The number of alkyl carbamates (subject to hydrolysis) is 1. The molecule has 16 heavy (non-hydrogen) atoms. The van der Waals surface area contributed by atoms with E-state index in [-0.39, 0.29) is 6.61 Å². The standard InChI is InChI=1S/C9H19NO5S/c1-3-5-6-8(7-16(12,13)14)10-9(11)15-4-2/h8H,3-7H2,1-2H3,(H,10,11)(H,12,13,14)/t8-/m1/s1. The van der Waals surface area contributed by atoms with Crippen molar-refractivity contribution in [3.8, 4) is 0 Å². The molecule has 0 aromatic carbocycles. The molecule has 0 fully saturated rings. The maximum absolute atomic E-state index is 11.1. The summed E-state index contributed by atoms with van der Waals surface area (Å²) in [6.07, 6.45) is 1.49. The van der Waals surface area contributed by atoms with Crippen LogP contribution < -0.4 is 5.32 Å². The Bertz CT molecular complexity index is 301. The third kappa shape index (κ3) is 8.49. The van der Waals surface area contributed by atoms with Gasteiger partial charge in [0.2, 0.25) is 0 Å². The summed E-state index contributed by atoms with van der Waals surface area (Å²) < 4.78 is 34.8. The minimum Gasteiger partial charge on any atom is -0.450 e. The lowest BCUT2D eigenvalue weighted by molar-refractivity contribution is 0.148. The van der Waals surface area contributed by atoms with Crippen molar-refractivity contribution in [3.05, 3.63) is 0 Å². The predicted molar refractivity (Wildman–Crippen MR) is 59.9 cm³/mol. The van der Waals surface area contributed by atoms with Gasteiger partial charge in [-0.3, -0.25) is 4.55 Å². The van der Waals surface area contributed by atoms with Gasteiger partial charge < -0.3 is 10.1 Å². The zero-order valence-corrected chi connectivity index (χ0v) is 10.4. The van der Waals surface area contributed by atoms with E-state index in [0.29, 0.717) is 6.42 Å². The van der Waals surface area contributed by atoms with Gasteiger partial charge in [-0.05, 0) is 13.3 Å². The second kappa shape index (κ2) is 7.45. The first-order valence-electron chi connectivity index (χ1n) is 5.27. The fourth-order valence-electron chi connectivity index (χ4n) is 1.24. The summed E-state index contributed by atoms with van der Waals surface area (Å²) in [6, 6.07) is -0.603. The first-order chi connectivity index (χ1) is 7.39. The normalized spacial score (nSPS) is 13.2. The molecule has 0 saturated heterocycles. The van der Waals surface area contributed by atoms with Crippen molar-refractivity contribution in [1.82, 2.24) is 5.32 Å². The molecule has 0 aliphatic rings. The molecule has 1 atom stereocenters. The van der Waals surface area contributed by atoms with Gasteiger partial charge in [-0.1, -0.05) is 19.8 Å². The predicted octanol–water partition coefficient (Wildman–Crippen LogP) is 1.18. The number of carbonyl (C=O) groups is 1. The molecular formula is C9H19NO5S. The van der Waals surface area contributed by atoms with E-state index >= 15 is 0 Å². The zero-order chi connectivity index (χ0) is 12.6.